The molecule has 1 aliphatic rings. The Bertz CT molecular complexity index is 852. The van der Waals surface area contributed by atoms with Crippen molar-refractivity contribution in [3.05, 3.63) is 65.5 Å². The minimum atomic E-state index is -3.59. The SMILES string of the molecule is CN(C)c1cccc([C@H]2CCCN2S(=O)(=O)Cc2ccccc2F)c1. The van der Waals surface area contributed by atoms with Crippen LogP contribution in [0.15, 0.2) is 48.5 Å². The molecule has 0 aliphatic carbocycles. The Morgan fingerprint density at radius 2 is 1.92 bits per heavy atom. The van der Waals surface area contributed by atoms with Gasteiger partial charge in [-0.2, -0.15) is 4.31 Å². The van der Waals surface area contributed by atoms with Gasteiger partial charge in [0.2, 0.25) is 10.0 Å². The average molecular weight is 362 g/mol. The molecule has 2 aromatic carbocycles. The highest BCUT2D eigenvalue weighted by Gasteiger charge is 2.35. The van der Waals surface area contributed by atoms with Crippen LogP contribution in [0.3, 0.4) is 0 Å². The summed E-state index contributed by atoms with van der Waals surface area (Å²) in [6.07, 6.45) is 1.60. The van der Waals surface area contributed by atoms with E-state index in [1.165, 1.54) is 16.4 Å². The molecule has 1 fully saturated rings. The number of hydrogen-bond donors (Lipinski definition) is 0. The first kappa shape index (κ1) is 17.9. The summed E-state index contributed by atoms with van der Waals surface area (Å²) in [5.41, 5.74) is 2.24. The Kier molecular flexibility index (Phi) is 5.11. The molecule has 6 heteroatoms. The molecule has 4 nitrogen and oxygen atoms in total. The lowest BCUT2D eigenvalue weighted by molar-refractivity contribution is 0.395. The molecule has 1 heterocycles. The number of anilines is 1. The second-order valence-electron chi connectivity index (χ2n) is 6.61. The first-order chi connectivity index (χ1) is 11.9. The smallest absolute Gasteiger partial charge is 0.218 e. The van der Waals surface area contributed by atoms with Gasteiger partial charge in [-0.05, 0) is 36.6 Å². The van der Waals surface area contributed by atoms with Crippen molar-refractivity contribution >= 4 is 15.7 Å². The van der Waals surface area contributed by atoms with E-state index in [1.807, 2.05) is 43.3 Å². The van der Waals surface area contributed by atoms with Gasteiger partial charge < -0.3 is 4.90 Å². The van der Waals surface area contributed by atoms with E-state index in [-0.39, 0.29) is 17.4 Å². The van der Waals surface area contributed by atoms with Gasteiger partial charge in [0, 0.05) is 37.9 Å². The lowest BCUT2D eigenvalue weighted by Gasteiger charge is -2.25. The van der Waals surface area contributed by atoms with Gasteiger partial charge in [0.15, 0.2) is 0 Å². The largest absolute Gasteiger partial charge is 0.378 e. The monoisotopic (exact) mass is 362 g/mol. The van der Waals surface area contributed by atoms with E-state index in [0.717, 1.165) is 24.1 Å². The van der Waals surface area contributed by atoms with Crippen LogP contribution >= 0.6 is 0 Å². The molecule has 0 bridgehead atoms. The molecule has 0 unspecified atom stereocenters. The predicted octanol–water partition coefficient (Wildman–Crippen LogP) is 3.56. The predicted molar refractivity (Wildman–Crippen MR) is 98.5 cm³/mol. The fraction of sp³-hybridized carbons (Fsp3) is 0.368. The third kappa shape index (κ3) is 3.85. The minimum Gasteiger partial charge on any atom is -0.378 e. The van der Waals surface area contributed by atoms with Gasteiger partial charge >= 0.3 is 0 Å². The van der Waals surface area contributed by atoms with Gasteiger partial charge in [-0.15, -0.1) is 0 Å². The van der Waals surface area contributed by atoms with E-state index in [2.05, 4.69) is 0 Å². The molecule has 3 rings (SSSR count). The summed E-state index contributed by atoms with van der Waals surface area (Å²) in [5, 5.41) is 0. The Hall–Kier alpha value is -1.92. The van der Waals surface area contributed by atoms with Crippen LogP contribution in [0.4, 0.5) is 10.1 Å². The molecule has 1 aliphatic heterocycles. The lowest BCUT2D eigenvalue weighted by Crippen LogP contribution is -2.32. The molecule has 0 spiro atoms. The lowest BCUT2D eigenvalue weighted by atomic mass is 10.0. The van der Waals surface area contributed by atoms with Crippen molar-refractivity contribution in [2.75, 3.05) is 25.5 Å². The topological polar surface area (TPSA) is 40.6 Å². The van der Waals surface area contributed by atoms with Gasteiger partial charge in [-0.1, -0.05) is 30.3 Å². The number of halogens is 1. The van der Waals surface area contributed by atoms with Crippen LogP contribution in [-0.2, 0) is 15.8 Å². The highest BCUT2D eigenvalue weighted by molar-refractivity contribution is 7.88. The van der Waals surface area contributed by atoms with E-state index in [0.29, 0.717) is 6.54 Å². The number of nitrogens with zero attached hydrogens (tertiary/aromatic N) is 2. The van der Waals surface area contributed by atoms with Crippen LogP contribution in [0, 0.1) is 5.82 Å². The summed E-state index contributed by atoms with van der Waals surface area (Å²) < 4.78 is 41.2. The van der Waals surface area contributed by atoms with Crippen LogP contribution in [0.5, 0.6) is 0 Å². The zero-order chi connectivity index (χ0) is 18.0. The highest BCUT2D eigenvalue weighted by Crippen LogP contribution is 2.36. The molecule has 0 amide bonds. The molecule has 0 aromatic heterocycles. The molecule has 134 valence electrons. The number of benzene rings is 2. The fourth-order valence-electron chi connectivity index (χ4n) is 3.31. The van der Waals surface area contributed by atoms with Gasteiger partial charge in [-0.3, -0.25) is 0 Å². The van der Waals surface area contributed by atoms with E-state index in [1.54, 1.807) is 12.1 Å². The zero-order valence-corrected chi connectivity index (χ0v) is 15.3. The quantitative estimate of drug-likeness (QED) is 0.817. The van der Waals surface area contributed by atoms with E-state index >= 15 is 0 Å². The average Bonchev–Trinajstić information content (AvgIpc) is 3.08. The van der Waals surface area contributed by atoms with Crippen molar-refractivity contribution < 1.29 is 12.8 Å². The van der Waals surface area contributed by atoms with Gasteiger partial charge in [-0.25, -0.2) is 12.8 Å². The van der Waals surface area contributed by atoms with Crippen molar-refractivity contribution in [1.82, 2.24) is 4.31 Å². The minimum absolute atomic E-state index is 0.184. The summed E-state index contributed by atoms with van der Waals surface area (Å²) in [7, 11) is 0.331. The summed E-state index contributed by atoms with van der Waals surface area (Å²) in [5.74, 6) is -0.778. The number of hydrogen-bond acceptors (Lipinski definition) is 3. The summed E-state index contributed by atoms with van der Waals surface area (Å²) >= 11 is 0. The maximum Gasteiger partial charge on any atom is 0.218 e. The normalized spacial score (nSPS) is 18.4. The van der Waals surface area contributed by atoms with Gasteiger partial charge in [0.25, 0.3) is 0 Å². The Morgan fingerprint density at radius 1 is 1.16 bits per heavy atom. The van der Waals surface area contributed by atoms with E-state index < -0.39 is 15.8 Å². The fourth-order valence-corrected chi connectivity index (χ4v) is 5.13. The summed E-state index contributed by atoms with van der Waals surface area (Å²) in [6, 6.07) is 13.8. The second kappa shape index (κ2) is 7.14. The van der Waals surface area contributed by atoms with Crippen LogP contribution in [-0.4, -0.2) is 33.4 Å². The van der Waals surface area contributed by atoms with Crippen molar-refractivity contribution in [3.8, 4) is 0 Å². The molecule has 25 heavy (non-hydrogen) atoms. The van der Waals surface area contributed by atoms with E-state index in [4.69, 9.17) is 0 Å². The molecule has 0 radical (unpaired) electrons. The van der Waals surface area contributed by atoms with Crippen molar-refractivity contribution in [1.29, 1.82) is 0 Å². The summed E-state index contributed by atoms with van der Waals surface area (Å²) in [6.45, 7) is 0.480. The van der Waals surface area contributed by atoms with Gasteiger partial charge in [0.05, 0.1) is 5.75 Å². The third-order valence-electron chi connectivity index (χ3n) is 4.63. The first-order valence-corrected chi connectivity index (χ1v) is 9.99. The number of rotatable bonds is 5. The molecule has 0 saturated carbocycles. The summed E-state index contributed by atoms with van der Waals surface area (Å²) in [4.78, 5) is 2.00. The van der Waals surface area contributed by atoms with Crippen LogP contribution in [0.25, 0.3) is 0 Å². The van der Waals surface area contributed by atoms with Gasteiger partial charge in [0.1, 0.15) is 5.82 Å². The van der Waals surface area contributed by atoms with Crippen LogP contribution in [0.1, 0.15) is 30.0 Å². The van der Waals surface area contributed by atoms with Crippen molar-refractivity contribution in [2.45, 2.75) is 24.6 Å². The molecule has 1 saturated heterocycles. The highest BCUT2D eigenvalue weighted by atomic mass is 32.2. The van der Waals surface area contributed by atoms with E-state index in [9.17, 15) is 12.8 Å². The van der Waals surface area contributed by atoms with Crippen molar-refractivity contribution in [2.24, 2.45) is 0 Å². The maximum absolute atomic E-state index is 13.9. The number of sulfonamides is 1. The molecule has 0 N–H and O–H groups in total. The first-order valence-electron chi connectivity index (χ1n) is 8.39. The van der Waals surface area contributed by atoms with Crippen molar-refractivity contribution in [3.63, 3.8) is 0 Å². The second-order valence-corrected chi connectivity index (χ2v) is 8.53. The Morgan fingerprint density at radius 3 is 2.64 bits per heavy atom. The zero-order valence-electron chi connectivity index (χ0n) is 14.5. The Labute approximate surface area is 148 Å². The maximum atomic E-state index is 13.9. The Balaban J connectivity index is 1.88. The standard InChI is InChI=1S/C19H23FN2O2S/c1-21(2)17-9-5-8-15(13-17)19-11-6-12-22(19)25(23,24)14-16-7-3-4-10-18(16)20/h3-5,7-10,13,19H,6,11-12,14H2,1-2H3/t19-/m1/s1. The molecule has 2 aromatic rings. The molecular weight excluding hydrogens is 339 g/mol. The molecular formula is C19H23FN2O2S. The van der Waals surface area contributed by atoms with Crippen LogP contribution < -0.4 is 4.90 Å². The van der Waals surface area contributed by atoms with Crippen LogP contribution in [0.2, 0.25) is 0 Å². The third-order valence-corrected chi connectivity index (χ3v) is 6.46. The molecule has 1 atom stereocenters.